The number of aliphatic hydroxyl groups is 1. The maximum atomic E-state index is 9.86. The molecule has 0 aliphatic heterocycles. The Bertz CT molecular complexity index is 197. The molecule has 0 amide bonds. The van der Waals surface area contributed by atoms with Gasteiger partial charge in [0.05, 0.1) is 33.3 Å². The van der Waals surface area contributed by atoms with E-state index in [4.69, 9.17) is 0 Å². The summed E-state index contributed by atoms with van der Waals surface area (Å²) in [5.41, 5.74) is 0. The molecule has 0 heterocycles. The number of quaternary nitrogens is 1. The van der Waals surface area contributed by atoms with Gasteiger partial charge in [-0.3, -0.25) is 4.90 Å². The van der Waals surface area contributed by atoms with E-state index in [1.54, 1.807) is 0 Å². The summed E-state index contributed by atoms with van der Waals surface area (Å²) in [4.78, 5) is 2.25. The average molecular weight is 260 g/mol. The molecule has 0 spiro atoms. The largest absolute Gasteiger partial charge is 0.392 e. The summed E-state index contributed by atoms with van der Waals surface area (Å²) in [6, 6.07) is 0. The second-order valence-corrected chi connectivity index (χ2v) is 6.04. The summed E-state index contributed by atoms with van der Waals surface area (Å²) in [6.45, 7) is 7.32. The first-order valence-corrected chi connectivity index (χ1v) is 7.24. The van der Waals surface area contributed by atoms with Crippen LogP contribution in [0.5, 0.6) is 0 Å². The van der Waals surface area contributed by atoms with Crippen LogP contribution < -0.4 is 5.32 Å². The van der Waals surface area contributed by atoms with Crippen molar-refractivity contribution in [3.05, 3.63) is 0 Å². The molecule has 4 nitrogen and oxygen atoms in total. The zero-order chi connectivity index (χ0) is 14.0. The number of hydrogen-bond donors (Lipinski definition) is 2. The third-order valence-corrected chi connectivity index (χ3v) is 3.47. The van der Waals surface area contributed by atoms with Crippen molar-refractivity contribution in [2.24, 2.45) is 0 Å². The molecule has 0 aromatic heterocycles. The Morgan fingerprint density at radius 1 is 1.28 bits per heavy atom. The number of aliphatic hydroxyl groups excluding tert-OH is 1. The summed E-state index contributed by atoms with van der Waals surface area (Å²) < 4.78 is 1.02. The normalized spacial score (nSPS) is 14.2. The van der Waals surface area contributed by atoms with Gasteiger partial charge in [-0.25, -0.2) is 0 Å². The highest BCUT2D eigenvalue weighted by Gasteiger charge is 2.16. The topological polar surface area (TPSA) is 35.5 Å². The van der Waals surface area contributed by atoms with Gasteiger partial charge in [0.25, 0.3) is 0 Å². The van der Waals surface area contributed by atoms with Crippen LogP contribution in [0, 0.1) is 0 Å². The second kappa shape index (κ2) is 9.73. The first kappa shape index (κ1) is 17.8. The minimum absolute atomic E-state index is 0.164. The molecule has 18 heavy (non-hydrogen) atoms. The van der Waals surface area contributed by atoms with E-state index >= 15 is 0 Å². The summed E-state index contributed by atoms with van der Waals surface area (Å²) in [5.74, 6) is 0. The van der Waals surface area contributed by atoms with Gasteiger partial charge in [0.15, 0.2) is 0 Å². The van der Waals surface area contributed by atoms with Crippen molar-refractivity contribution in [1.29, 1.82) is 0 Å². The lowest BCUT2D eigenvalue weighted by molar-refractivity contribution is -0.888. The van der Waals surface area contributed by atoms with Crippen LogP contribution in [0.15, 0.2) is 0 Å². The highest BCUT2D eigenvalue weighted by molar-refractivity contribution is 4.61. The zero-order valence-electron chi connectivity index (χ0n) is 13.1. The number of nitrogens with one attached hydrogen (secondary N) is 1. The molecule has 0 saturated carbocycles. The van der Waals surface area contributed by atoms with Gasteiger partial charge in [-0.05, 0) is 20.5 Å². The van der Waals surface area contributed by atoms with Gasteiger partial charge in [0, 0.05) is 19.6 Å². The van der Waals surface area contributed by atoms with Crippen LogP contribution in [-0.4, -0.2) is 81.5 Å². The quantitative estimate of drug-likeness (QED) is 0.539. The van der Waals surface area contributed by atoms with Crippen molar-refractivity contribution in [1.82, 2.24) is 10.2 Å². The van der Waals surface area contributed by atoms with Gasteiger partial charge in [-0.2, -0.15) is 0 Å². The molecular formula is C14H34N3O+. The molecule has 1 unspecified atom stereocenters. The van der Waals surface area contributed by atoms with Crippen molar-refractivity contribution >= 4 is 0 Å². The van der Waals surface area contributed by atoms with Crippen molar-refractivity contribution in [3.8, 4) is 0 Å². The monoisotopic (exact) mass is 260 g/mol. The van der Waals surface area contributed by atoms with Crippen LogP contribution in [0.1, 0.15) is 26.2 Å². The van der Waals surface area contributed by atoms with E-state index in [1.165, 1.54) is 0 Å². The van der Waals surface area contributed by atoms with E-state index in [0.29, 0.717) is 0 Å². The molecule has 0 aliphatic carbocycles. The molecule has 0 rings (SSSR count). The van der Waals surface area contributed by atoms with Crippen LogP contribution in [0.4, 0.5) is 0 Å². The van der Waals surface area contributed by atoms with Crippen LogP contribution in [0.2, 0.25) is 0 Å². The molecule has 0 aromatic carbocycles. The van der Waals surface area contributed by atoms with Crippen molar-refractivity contribution in [2.45, 2.75) is 32.3 Å². The smallest absolute Gasteiger partial charge is 0.0912 e. The summed E-state index contributed by atoms with van der Waals surface area (Å²) in [5, 5.41) is 13.1. The van der Waals surface area contributed by atoms with Crippen LogP contribution >= 0.6 is 0 Å². The van der Waals surface area contributed by atoms with E-state index in [2.05, 4.69) is 38.3 Å². The van der Waals surface area contributed by atoms with Crippen molar-refractivity contribution in [2.75, 3.05) is 60.9 Å². The average Bonchev–Trinajstić information content (AvgIpc) is 2.31. The van der Waals surface area contributed by atoms with Crippen molar-refractivity contribution < 1.29 is 9.59 Å². The van der Waals surface area contributed by atoms with E-state index in [-0.39, 0.29) is 6.10 Å². The lowest BCUT2D eigenvalue weighted by atomic mass is 10.1. The predicted molar refractivity (Wildman–Crippen MR) is 78.8 cm³/mol. The third kappa shape index (κ3) is 9.83. The Morgan fingerprint density at radius 2 is 1.94 bits per heavy atom. The van der Waals surface area contributed by atoms with E-state index in [1.807, 2.05) is 7.05 Å². The number of rotatable bonds is 11. The third-order valence-electron chi connectivity index (χ3n) is 3.47. The van der Waals surface area contributed by atoms with E-state index < -0.39 is 0 Å². The molecule has 4 heteroatoms. The van der Waals surface area contributed by atoms with Crippen molar-refractivity contribution in [3.63, 3.8) is 0 Å². The predicted octanol–water partition coefficient (Wildman–Crippen LogP) is 0.765. The minimum Gasteiger partial charge on any atom is -0.392 e. The maximum Gasteiger partial charge on any atom is 0.0912 e. The summed E-state index contributed by atoms with van der Waals surface area (Å²) >= 11 is 0. The lowest BCUT2D eigenvalue weighted by Crippen LogP contribution is -2.48. The lowest BCUT2D eigenvalue weighted by Gasteiger charge is -2.32. The van der Waals surface area contributed by atoms with E-state index in [0.717, 1.165) is 56.5 Å². The van der Waals surface area contributed by atoms with Gasteiger partial charge in [-0.15, -0.1) is 0 Å². The first-order valence-electron chi connectivity index (χ1n) is 7.24. The zero-order valence-corrected chi connectivity index (χ0v) is 13.1. The SMILES string of the molecule is CCCCC(O)CN(C)CC[N+](C)(C)CCNC. The molecule has 0 fully saturated rings. The fraction of sp³-hybridized carbons (Fsp3) is 1.00. The van der Waals surface area contributed by atoms with Gasteiger partial charge in [0.1, 0.15) is 0 Å². The molecule has 0 bridgehead atoms. The Hall–Kier alpha value is -0.160. The van der Waals surface area contributed by atoms with Gasteiger partial charge in [-0.1, -0.05) is 19.8 Å². The Labute approximate surface area is 114 Å². The molecule has 0 saturated heterocycles. The Balaban J connectivity index is 3.77. The number of nitrogens with zero attached hydrogens (tertiary/aromatic N) is 2. The highest BCUT2D eigenvalue weighted by atomic mass is 16.3. The van der Waals surface area contributed by atoms with Crippen LogP contribution in [-0.2, 0) is 0 Å². The van der Waals surface area contributed by atoms with E-state index in [9.17, 15) is 5.11 Å². The molecule has 2 N–H and O–H groups in total. The fourth-order valence-corrected chi connectivity index (χ4v) is 1.95. The molecule has 0 radical (unpaired) electrons. The first-order chi connectivity index (χ1) is 8.41. The minimum atomic E-state index is -0.164. The highest BCUT2D eigenvalue weighted by Crippen LogP contribution is 2.03. The molecular weight excluding hydrogens is 226 g/mol. The summed E-state index contributed by atoms with van der Waals surface area (Å²) in [7, 11) is 8.63. The van der Waals surface area contributed by atoms with Crippen LogP contribution in [0.3, 0.4) is 0 Å². The molecule has 110 valence electrons. The number of likely N-dealkylation sites (N-methyl/N-ethyl adjacent to an activating group) is 3. The van der Waals surface area contributed by atoms with Gasteiger partial charge in [0.2, 0.25) is 0 Å². The Morgan fingerprint density at radius 3 is 2.50 bits per heavy atom. The Kier molecular flexibility index (Phi) is 9.64. The molecule has 0 aliphatic rings. The molecule has 0 aromatic rings. The number of hydrogen-bond acceptors (Lipinski definition) is 3. The maximum absolute atomic E-state index is 9.86. The second-order valence-electron chi connectivity index (χ2n) is 6.04. The number of unbranched alkanes of at least 4 members (excludes halogenated alkanes) is 1. The standard InChI is InChI=1S/C14H34N3O/c1-6-7-8-14(18)13-16(3)10-12-17(4,5)11-9-15-2/h14-15,18H,6-13H2,1-5H3/q+1. The molecule has 1 atom stereocenters. The van der Waals surface area contributed by atoms with Gasteiger partial charge < -0.3 is 14.9 Å². The fourth-order valence-electron chi connectivity index (χ4n) is 1.95. The van der Waals surface area contributed by atoms with Gasteiger partial charge >= 0.3 is 0 Å². The van der Waals surface area contributed by atoms with Crippen LogP contribution in [0.25, 0.3) is 0 Å². The summed E-state index contributed by atoms with van der Waals surface area (Å²) in [6.07, 6.45) is 3.05.